The van der Waals surface area contributed by atoms with Crippen molar-refractivity contribution < 1.29 is 9.47 Å². The van der Waals surface area contributed by atoms with Gasteiger partial charge in [0.05, 0.1) is 12.2 Å². The second kappa shape index (κ2) is 5.50. The molecule has 0 aromatic rings. The Bertz CT molecular complexity index is 176. The van der Waals surface area contributed by atoms with Gasteiger partial charge >= 0.3 is 0 Å². The van der Waals surface area contributed by atoms with Gasteiger partial charge < -0.3 is 9.47 Å². The van der Waals surface area contributed by atoms with Crippen LogP contribution in [0, 0.1) is 17.8 Å². The molecule has 2 atom stereocenters. The molecule has 0 aliphatic heterocycles. The van der Waals surface area contributed by atoms with Crippen molar-refractivity contribution in [2.45, 2.75) is 73.9 Å². The van der Waals surface area contributed by atoms with Gasteiger partial charge in [0.1, 0.15) is 0 Å². The Kier molecular flexibility index (Phi) is 5.48. The summed E-state index contributed by atoms with van der Waals surface area (Å²) in [5.74, 6) is 0. The second-order valence-corrected chi connectivity index (χ2v) is 6.72. The first-order valence-corrected chi connectivity index (χ1v) is 6.08. The average molecular weight is 229 g/mol. The van der Waals surface area contributed by atoms with Crippen LogP contribution < -0.4 is 0 Å². The van der Waals surface area contributed by atoms with E-state index >= 15 is 0 Å². The zero-order valence-electron chi connectivity index (χ0n) is 12.3. The lowest BCUT2D eigenvalue weighted by Crippen LogP contribution is -2.35. The molecular formula is C14H29O2. The molecule has 0 bridgehead atoms. The topological polar surface area (TPSA) is 18.5 Å². The van der Waals surface area contributed by atoms with Crippen LogP contribution in [-0.2, 0) is 9.47 Å². The van der Waals surface area contributed by atoms with Crippen LogP contribution in [-0.4, -0.2) is 18.5 Å². The quantitative estimate of drug-likeness (QED) is 0.677. The summed E-state index contributed by atoms with van der Waals surface area (Å²) in [4.78, 5) is 0. The molecular weight excluding hydrogens is 200 g/mol. The van der Waals surface area contributed by atoms with E-state index in [1.54, 1.807) is 0 Å². The molecule has 0 aromatic heterocycles. The smallest absolute Gasteiger partial charge is 0.158 e. The molecule has 0 saturated heterocycles. The molecule has 2 heteroatoms. The first-order chi connectivity index (χ1) is 6.94. The molecule has 0 aliphatic carbocycles. The molecule has 1 radical (unpaired) electrons. The third-order valence-corrected chi connectivity index (χ3v) is 3.15. The molecule has 0 spiro atoms. The molecule has 97 valence electrons. The first-order valence-electron chi connectivity index (χ1n) is 6.08. The molecule has 2 nitrogen and oxygen atoms in total. The number of ether oxygens (including phenoxy) is 2. The van der Waals surface area contributed by atoms with Gasteiger partial charge in [-0.1, -0.05) is 41.5 Å². The molecule has 0 fully saturated rings. The first kappa shape index (κ1) is 15.9. The number of rotatable bonds is 4. The summed E-state index contributed by atoms with van der Waals surface area (Å²) in [6.45, 7) is 20.9. The van der Waals surface area contributed by atoms with E-state index in [-0.39, 0.29) is 23.0 Å². The highest BCUT2D eigenvalue weighted by Gasteiger charge is 2.26. The van der Waals surface area contributed by atoms with Crippen molar-refractivity contribution in [2.24, 2.45) is 10.8 Å². The van der Waals surface area contributed by atoms with E-state index < -0.39 is 6.29 Å². The molecule has 0 aromatic carbocycles. The largest absolute Gasteiger partial charge is 0.349 e. The van der Waals surface area contributed by atoms with Crippen molar-refractivity contribution in [1.82, 2.24) is 0 Å². The van der Waals surface area contributed by atoms with Crippen LogP contribution in [0.25, 0.3) is 0 Å². The lowest BCUT2D eigenvalue weighted by molar-refractivity contribution is -0.197. The Morgan fingerprint density at radius 1 is 0.750 bits per heavy atom. The third-order valence-electron chi connectivity index (χ3n) is 3.15. The van der Waals surface area contributed by atoms with E-state index in [2.05, 4.69) is 62.3 Å². The van der Waals surface area contributed by atoms with Crippen LogP contribution in [0.5, 0.6) is 0 Å². The predicted molar refractivity (Wildman–Crippen MR) is 69.1 cm³/mol. The fraction of sp³-hybridized carbons (Fsp3) is 0.929. The van der Waals surface area contributed by atoms with Crippen molar-refractivity contribution >= 4 is 0 Å². The van der Waals surface area contributed by atoms with Gasteiger partial charge in [0.2, 0.25) is 0 Å². The third kappa shape index (κ3) is 5.86. The highest BCUT2D eigenvalue weighted by atomic mass is 16.7. The Balaban J connectivity index is 4.15. The number of hydrogen-bond donors (Lipinski definition) is 0. The maximum Gasteiger partial charge on any atom is 0.158 e. The summed E-state index contributed by atoms with van der Waals surface area (Å²) < 4.78 is 11.5. The summed E-state index contributed by atoms with van der Waals surface area (Å²) in [5, 5.41) is 0. The van der Waals surface area contributed by atoms with Crippen molar-refractivity contribution in [2.75, 3.05) is 0 Å². The zero-order valence-corrected chi connectivity index (χ0v) is 12.3. The van der Waals surface area contributed by atoms with Crippen LogP contribution in [0.15, 0.2) is 0 Å². The monoisotopic (exact) mass is 229 g/mol. The summed E-state index contributed by atoms with van der Waals surface area (Å²) in [6.07, 6.45) is -0.146. The van der Waals surface area contributed by atoms with Crippen LogP contribution in [0.4, 0.5) is 0 Å². The van der Waals surface area contributed by atoms with E-state index in [0.29, 0.717) is 0 Å². The fourth-order valence-electron chi connectivity index (χ4n) is 0.896. The van der Waals surface area contributed by atoms with Crippen LogP contribution >= 0.6 is 0 Å². The summed E-state index contributed by atoms with van der Waals surface area (Å²) >= 11 is 0. The summed E-state index contributed by atoms with van der Waals surface area (Å²) in [6, 6.07) is 0. The lowest BCUT2D eigenvalue weighted by Gasteiger charge is -2.34. The Hall–Kier alpha value is -0.0800. The lowest BCUT2D eigenvalue weighted by atomic mass is 9.90. The summed E-state index contributed by atoms with van der Waals surface area (Å²) in [5.41, 5.74) is 0.231. The van der Waals surface area contributed by atoms with Gasteiger partial charge in [0.25, 0.3) is 0 Å². The van der Waals surface area contributed by atoms with Gasteiger partial charge in [0, 0.05) is 6.92 Å². The SMILES string of the molecule is [CH2]C(OC(C)C(C)(C)C)OC(C)C(C)(C)C. The maximum absolute atomic E-state index is 5.75. The summed E-state index contributed by atoms with van der Waals surface area (Å²) in [7, 11) is 0. The second-order valence-electron chi connectivity index (χ2n) is 6.72. The van der Waals surface area contributed by atoms with E-state index in [4.69, 9.17) is 9.47 Å². The Morgan fingerprint density at radius 3 is 1.19 bits per heavy atom. The van der Waals surface area contributed by atoms with E-state index in [9.17, 15) is 0 Å². The van der Waals surface area contributed by atoms with Crippen LogP contribution in [0.1, 0.15) is 55.4 Å². The molecule has 0 amide bonds. The van der Waals surface area contributed by atoms with Crippen LogP contribution in [0.3, 0.4) is 0 Å². The van der Waals surface area contributed by atoms with Gasteiger partial charge in [-0.2, -0.15) is 0 Å². The van der Waals surface area contributed by atoms with E-state index in [1.165, 1.54) is 0 Å². The average Bonchev–Trinajstić information content (AvgIpc) is 1.99. The minimum absolute atomic E-state index is 0.115. The van der Waals surface area contributed by atoms with Gasteiger partial charge in [-0.15, -0.1) is 0 Å². The highest BCUT2D eigenvalue weighted by Crippen LogP contribution is 2.26. The van der Waals surface area contributed by atoms with Gasteiger partial charge in [-0.05, 0) is 24.7 Å². The van der Waals surface area contributed by atoms with Gasteiger partial charge in [-0.3, -0.25) is 0 Å². The van der Waals surface area contributed by atoms with Crippen molar-refractivity contribution in [3.05, 3.63) is 6.92 Å². The zero-order chi connectivity index (χ0) is 13.1. The fourth-order valence-corrected chi connectivity index (χ4v) is 0.896. The van der Waals surface area contributed by atoms with Crippen molar-refractivity contribution in [3.8, 4) is 0 Å². The molecule has 0 heterocycles. The van der Waals surface area contributed by atoms with Crippen molar-refractivity contribution in [3.63, 3.8) is 0 Å². The Labute approximate surface area is 102 Å². The normalized spacial score (nSPS) is 19.3. The standard InChI is InChI=1S/C14H29O2/c1-10(13(4,5)6)15-12(3)16-11(2)14(7,8)9/h10-12H,3H2,1-2,4-9H3. The molecule has 0 saturated carbocycles. The number of hydrogen-bond acceptors (Lipinski definition) is 2. The van der Waals surface area contributed by atoms with Crippen molar-refractivity contribution in [1.29, 1.82) is 0 Å². The van der Waals surface area contributed by atoms with Gasteiger partial charge in [0.15, 0.2) is 6.29 Å². The molecule has 2 unspecified atom stereocenters. The molecule has 0 N–H and O–H groups in total. The maximum atomic E-state index is 5.75. The van der Waals surface area contributed by atoms with E-state index in [1.807, 2.05) is 0 Å². The minimum atomic E-state index is -0.400. The highest BCUT2D eigenvalue weighted by molar-refractivity contribution is 4.73. The van der Waals surface area contributed by atoms with E-state index in [0.717, 1.165) is 0 Å². The molecule has 0 rings (SSSR count). The minimum Gasteiger partial charge on any atom is -0.349 e. The molecule has 16 heavy (non-hydrogen) atoms. The predicted octanol–water partition coefficient (Wildman–Crippen LogP) is 4.05. The van der Waals surface area contributed by atoms with Crippen LogP contribution in [0.2, 0.25) is 0 Å². The Morgan fingerprint density at radius 2 is 1.00 bits per heavy atom. The molecule has 0 aliphatic rings. The van der Waals surface area contributed by atoms with Gasteiger partial charge in [-0.25, -0.2) is 0 Å².